The maximum atomic E-state index is 11.9. The van der Waals surface area contributed by atoms with Gasteiger partial charge in [-0.3, -0.25) is 9.89 Å². The smallest absolute Gasteiger partial charge is 0.259 e. The molecule has 0 saturated heterocycles. The summed E-state index contributed by atoms with van der Waals surface area (Å²) < 4.78 is 0. The van der Waals surface area contributed by atoms with E-state index in [9.17, 15) is 4.79 Å². The summed E-state index contributed by atoms with van der Waals surface area (Å²) in [7, 11) is 0. The van der Waals surface area contributed by atoms with Crippen LogP contribution in [-0.4, -0.2) is 15.2 Å². The van der Waals surface area contributed by atoms with Crippen LogP contribution < -0.4 is 11.3 Å². The molecule has 4 N–H and O–H groups in total. The van der Waals surface area contributed by atoms with E-state index in [1.54, 1.807) is 0 Å². The van der Waals surface area contributed by atoms with Crippen molar-refractivity contribution in [3.05, 3.63) is 40.3 Å². The van der Waals surface area contributed by atoms with Gasteiger partial charge in [-0.05, 0) is 6.07 Å². The topological polar surface area (TPSA) is 87.6 Å². The largest absolute Gasteiger partial charge is 0.325 e. The van der Waals surface area contributed by atoms with Crippen molar-refractivity contribution in [2.75, 3.05) is 0 Å². The molecule has 0 aliphatic carbocycles. The minimum Gasteiger partial charge on any atom is -0.325 e. The van der Waals surface area contributed by atoms with Crippen LogP contribution in [0, 0.1) is 0 Å². The molecule has 0 bridgehead atoms. The van der Waals surface area contributed by atoms with Crippen molar-refractivity contribution in [2.45, 2.75) is 6.54 Å². The highest BCUT2D eigenvalue weighted by atomic mass is 16.1. The van der Waals surface area contributed by atoms with E-state index in [2.05, 4.69) is 15.2 Å². The molecule has 1 aromatic carbocycles. The maximum absolute atomic E-state index is 11.9. The van der Waals surface area contributed by atoms with Crippen LogP contribution in [0.4, 0.5) is 0 Å². The number of hydrogen-bond donors (Lipinski definition) is 3. The summed E-state index contributed by atoms with van der Waals surface area (Å²) in [5.74, 6) is 0. The molecule has 3 aromatic rings. The van der Waals surface area contributed by atoms with Gasteiger partial charge in [-0.25, -0.2) is 0 Å². The number of rotatable bonds is 1. The first-order valence-electron chi connectivity index (χ1n) is 4.99. The fourth-order valence-corrected chi connectivity index (χ4v) is 1.95. The third-order valence-electron chi connectivity index (χ3n) is 2.70. The van der Waals surface area contributed by atoms with Crippen LogP contribution in [-0.2, 0) is 6.54 Å². The molecule has 0 atom stereocenters. The summed E-state index contributed by atoms with van der Waals surface area (Å²) in [5, 5.41) is 8.44. The van der Waals surface area contributed by atoms with Crippen LogP contribution in [0.3, 0.4) is 0 Å². The van der Waals surface area contributed by atoms with Crippen LogP contribution in [0.15, 0.2) is 29.1 Å². The van der Waals surface area contributed by atoms with Gasteiger partial charge < -0.3 is 10.7 Å². The van der Waals surface area contributed by atoms with Gasteiger partial charge in [0.25, 0.3) is 5.56 Å². The SMILES string of the molecule is NCc1[nH]nc2c1c(=O)[nH]c1ccccc12. The van der Waals surface area contributed by atoms with Gasteiger partial charge in [-0.2, -0.15) is 5.10 Å². The fourth-order valence-electron chi connectivity index (χ4n) is 1.95. The summed E-state index contributed by atoms with van der Waals surface area (Å²) in [6.45, 7) is 0.276. The molecule has 0 saturated carbocycles. The molecule has 0 spiro atoms. The second kappa shape index (κ2) is 3.18. The van der Waals surface area contributed by atoms with Crippen molar-refractivity contribution in [3.8, 4) is 0 Å². The number of fused-ring (bicyclic) bond motifs is 3. The highest BCUT2D eigenvalue weighted by molar-refractivity contribution is 6.03. The predicted octanol–water partition coefficient (Wildman–Crippen LogP) is 0.863. The van der Waals surface area contributed by atoms with Gasteiger partial charge >= 0.3 is 0 Å². The van der Waals surface area contributed by atoms with E-state index < -0.39 is 0 Å². The fraction of sp³-hybridized carbons (Fsp3) is 0.0909. The second-order valence-corrected chi connectivity index (χ2v) is 3.63. The molecule has 5 nitrogen and oxygen atoms in total. The normalized spacial score (nSPS) is 11.3. The van der Waals surface area contributed by atoms with Crippen LogP contribution >= 0.6 is 0 Å². The van der Waals surface area contributed by atoms with Gasteiger partial charge in [0.05, 0.1) is 16.6 Å². The van der Waals surface area contributed by atoms with Gasteiger partial charge in [0.15, 0.2) is 0 Å². The number of benzene rings is 1. The molecule has 0 aliphatic heterocycles. The van der Waals surface area contributed by atoms with E-state index in [0.29, 0.717) is 16.6 Å². The van der Waals surface area contributed by atoms with Gasteiger partial charge in [-0.15, -0.1) is 0 Å². The summed E-state index contributed by atoms with van der Waals surface area (Å²) in [6, 6.07) is 7.57. The number of pyridine rings is 1. The minimum absolute atomic E-state index is 0.150. The number of aromatic amines is 2. The average molecular weight is 214 g/mol. The Labute approximate surface area is 90.3 Å². The molecule has 0 unspecified atom stereocenters. The van der Waals surface area contributed by atoms with Crippen molar-refractivity contribution >= 4 is 21.8 Å². The molecule has 2 aromatic heterocycles. The zero-order chi connectivity index (χ0) is 11.1. The van der Waals surface area contributed by atoms with Gasteiger partial charge in [0.2, 0.25) is 0 Å². The van der Waals surface area contributed by atoms with E-state index in [4.69, 9.17) is 5.73 Å². The number of nitrogens with zero attached hydrogens (tertiary/aromatic N) is 1. The lowest BCUT2D eigenvalue weighted by Crippen LogP contribution is -2.09. The predicted molar refractivity (Wildman–Crippen MR) is 62.1 cm³/mol. The zero-order valence-electron chi connectivity index (χ0n) is 8.45. The van der Waals surface area contributed by atoms with Crippen molar-refractivity contribution < 1.29 is 0 Å². The molecule has 0 radical (unpaired) electrons. The number of aromatic nitrogens is 3. The van der Waals surface area contributed by atoms with Crippen molar-refractivity contribution in [1.82, 2.24) is 15.2 Å². The summed E-state index contributed by atoms with van der Waals surface area (Å²) >= 11 is 0. The lowest BCUT2D eigenvalue weighted by Gasteiger charge is -1.98. The second-order valence-electron chi connectivity index (χ2n) is 3.63. The first kappa shape index (κ1) is 9.11. The third-order valence-corrected chi connectivity index (χ3v) is 2.70. The van der Waals surface area contributed by atoms with Gasteiger partial charge in [0.1, 0.15) is 5.52 Å². The summed E-state index contributed by atoms with van der Waals surface area (Å²) in [6.07, 6.45) is 0. The average Bonchev–Trinajstić information content (AvgIpc) is 2.74. The highest BCUT2D eigenvalue weighted by Crippen LogP contribution is 2.20. The number of nitrogens with two attached hydrogens (primary N) is 1. The molecule has 0 amide bonds. The van der Waals surface area contributed by atoms with Crippen LogP contribution in [0.25, 0.3) is 21.8 Å². The monoisotopic (exact) mass is 214 g/mol. The van der Waals surface area contributed by atoms with Gasteiger partial charge in [-0.1, -0.05) is 18.2 Å². The Morgan fingerprint density at radius 1 is 1.31 bits per heavy atom. The Hall–Kier alpha value is -2.14. The number of H-pyrrole nitrogens is 2. The Bertz CT molecular complexity index is 726. The molecule has 0 aliphatic rings. The van der Waals surface area contributed by atoms with E-state index in [1.165, 1.54) is 0 Å². The van der Waals surface area contributed by atoms with E-state index >= 15 is 0 Å². The van der Waals surface area contributed by atoms with E-state index in [1.807, 2.05) is 24.3 Å². The first-order valence-corrected chi connectivity index (χ1v) is 4.99. The molecule has 0 fully saturated rings. The third kappa shape index (κ3) is 1.09. The Morgan fingerprint density at radius 2 is 2.12 bits per heavy atom. The van der Waals surface area contributed by atoms with Crippen LogP contribution in [0.5, 0.6) is 0 Å². The van der Waals surface area contributed by atoms with Crippen molar-refractivity contribution in [1.29, 1.82) is 0 Å². The van der Waals surface area contributed by atoms with Crippen LogP contribution in [0.2, 0.25) is 0 Å². The quantitative estimate of drug-likeness (QED) is 0.561. The first-order chi connectivity index (χ1) is 7.81. The molecule has 2 heterocycles. The highest BCUT2D eigenvalue weighted by Gasteiger charge is 2.11. The van der Waals surface area contributed by atoms with E-state index in [0.717, 1.165) is 10.9 Å². The van der Waals surface area contributed by atoms with Crippen molar-refractivity contribution in [2.24, 2.45) is 5.73 Å². The maximum Gasteiger partial charge on any atom is 0.259 e. The van der Waals surface area contributed by atoms with Crippen molar-refractivity contribution in [3.63, 3.8) is 0 Å². The van der Waals surface area contributed by atoms with Crippen LogP contribution in [0.1, 0.15) is 5.69 Å². The standard InChI is InChI=1S/C11H10N4O/c12-5-8-9-10(15-14-8)6-3-1-2-4-7(6)13-11(9)16/h1-4H,5,12H2,(H,13,16)(H,14,15). The number of hydrogen-bond acceptors (Lipinski definition) is 3. The number of nitrogens with one attached hydrogen (secondary N) is 2. The Kier molecular flexibility index (Phi) is 1.81. The van der Waals surface area contributed by atoms with Gasteiger partial charge in [0, 0.05) is 11.9 Å². The number of para-hydroxylation sites is 1. The molecular formula is C11H10N4O. The van der Waals surface area contributed by atoms with E-state index in [-0.39, 0.29) is 12.1 Å². The molecule has 16 heavy (non-hydrogen) atoms. The Morgan fingerprint density at radius 3 is 2.94 bits per heavy atom. The summed E-state index contributed by atoms with van der Waals surface area (Å²) in [5.41, 5.74) is 7.54. The lowest BCUT2D eigenvalue weighted by molar-refractivity contribution is 0.958. The molecule has 5 heteroatoms. The molecule has 80 valence electrons. The zero-order valence-corrected chi connectivity index (χ0v) is 8.45. The minimum atomic E-state index is -0.150. The lowest BCUT2D eigenvalue weighted by atomic mass is 10.1. The summed E-state index contributed by atoms with van der Waals surface area (Å²) in [4.78, 5) is 14.7. The Balaban J connectivity index is 2.61. The molecular weight excluding hydrogens is 204 g/mol. The molecule has 3 rings (SSSR count).